The summed E-state index contributed by atoms with van der Waals surface area (Å²) in [5, 5.41) is 8.27. The zero-order chi connectivity index (χ0) is 10.1. The summed E-state index contributed by atoms with van der Waals surface area (Å²) in [6, 6.07) is 0. The minimum atomic E-state index is 0.671. The number of nitrogens with two attached hydrogens (primary N) is 1. The van der Waals surface area contributed by atoms with E-state index in [4.69, 9.17) is 5.73 Å². The first-order valence-corrected chi connectivity index (χ1v) is 4.90. The van der Waals surface area contributed by atoms with Crippen LogP contribution in [0.15, 0.2) is 23.2 Å². The standard InChI is InChI=1S/C8H10BrN5/c1-13-3-6(8(9)12-13)4-14-5-7(10)2-11-14/h2-3,5H,4,10H2,1H3. The highest BCUT2D eigenvalue weighted by Crippen LogP contribution is 2.14. The van der Waals surface area contributed by atoms with Crippen molar-refractivity contribution in [2.45, 2.75) is 6.54 Å². The van der Waals surface area contributed by atoms with E-state index < -0.39 is 0 Å². The fraction of sp³-hybridized carbons (Fsp3) is 0.250. The molecule has 2 rings (SSSR count). The zero-order valence-corrected chi connectivity index (χ0v) is 9.27. The molecule has 6 heteroatoms. The highest BCUT2D eigenvalue weighted by atomic mass is 79.9. The molecule has 0 unspecified atom stereocenters. The van der Waals surface area contributed by atoms with Crippen LogP contribution in [-0.2, 0) is 13.6 Å². The van der Waals surface area contributed by atoms with Crippen LogP contribution in [0.4, 0.5) is 5.69 Å². The molecule has 2 heterocycles. The quantitative estimate of drug-likeness (QED) is 0.872. The van der Waals surface area contributed by atoms with E-state index in [2.05, 4.69) is 26.1 Å². The van der Waals surface area contributed by atoms with Crippen molar-refractivity contribution >= 4 is 21.6 Å². The molecule has 0 aliphatic carbocycles. The maximum Gasteiger partial charge on any atom is 0.133 e. The predicted octanol–water partition coefficient (Wildman–Crippen LogP) is 1.01. The number of anilines is 1. The third-order valence-electron chi connectivity index (χ3n) is 1.84. The number of aromatic nitrogens is 4. The van der Waals surface area contributed by atoms with Gasteiger partial charge in [-0.25, -0.2) is 0 Å². The predicted molar refractivity (Wildman–Crippen MR) is 56.6 cm³/mol. The van der Waals surface area contributed by atoms with E-state index in [0.29, 0.717) is 12.2 Å². The topological polar surface area (TPSA) is 61.7 Å². The zero-order valence-electron chi connectivity index (χ0n) is 7.68. The maximum atomic E-state index is 5.56. The summed E-state index contributed by atoms with van der Waals surface area (Å²) in [4.78, 5) is 0. The summed E-state index contributed by atoms with van der Waals surface area (Å²) < 4.78 is 4.37. The summed E-state index contributed by atoms with van der Waals surface area (Å²) in [6.45, 7) is 0.672. The number of hydrogen-bond acceptors (Lipinski definition) is 3. The number of nitrogen functional groups attached to an aromatic ring is 1. The van der Waals surface area contributed by atoms with Gasteiger partial charge < -0.3 is 5.73 Å². The fourth-order valence-electron chi connectivity index (χ4n) is 1.26. The first kappa shape index (κ1) is 9.26. The van der Waals surface area contributed by atoms with Crippen molar-refractivity contribution in [2.75, 3.05) is 5.73 Å². The van der Waals surface area contributed by atoms with Crippen LogP contribution in [0.2, 0.25) is 0 Å². The Bertz CT molecular complexity index is 444. The van der Waals surface area contributed by atoms with E-state index in [1.54, 1.807) is 21.8 Å². The van der Waals surface area contributed by atoms with Gasteiger partial charge in [0.05, 0.1) is 18.4 Å². The van der Waals surface area contributed by atoms with Gasteiger partial charge in [0.2, 0.25) is 0 Å². The summed E-state index contributed by atoms with van der Waals surface area (Å²) in [7, 11) is 1.88. The Hall–Kier alpha value is -1.30. The molecular weight excluding hydrogens is 246 g/mol. The smallest absolute Gasteiger partial charge is 0.133 e. The molecule has 0 saturated carbocycles. The van der Waals surface area contributed by atoms with E-state index in [1.807, 2.05) is 13.2 Å². The molecule has 0 aliphatic heterocycles. The van der Waals surface area contributed by atoms with Crippen molar-refractivity contribution in [3.63, 3.8) is 0 Å². The van der Waals surface area contributed by atoms with E-state index in [-0.39, 0.29) is 0 Å². The molecule has 0 aliphatic rings. The molecule has 0 fully saturated rings. The third-order valence-corrected chi connectivity index (χ3v) is 2.51. The second kappa shape index (κ2) is 3.45. The molecule has 2 N–H and O–H groups in total. The molecule has 0 spiro atoms. The lowest BCUT2D eigenvalue weighted by atomic mass is 10.4. The summed E-state index contributed by atoms with van der Waals surface area (Å²) in [6.07, 6.45) is 5.37. The van der Waals surface area contributed by atoms with Crippen LogP contribution in [0.1, 0.15) is 5.56 Å². The Balaban J connectivity index is 2.22. The van der Waals surface area contributed by atoms with Crippen LogP contribution in [0, 0.1) is 0 Å². The lowest BCUT2D eigenvalue weighted by Crippen LogP contribution is -1.99. The average molecular weight is 256 g/mol. The summed E-state index contributed by atoms with van der Waals surface area (Å²) in [5.74, 6) is 0. The third kappa shape index (κ3) is 1.79. The summed E-state index contributed by atoms with van der Waals surface area (Å²) in [5.41, 5.74) is 7.31. The first-order chi connectivity index (χ1) is 6.65. The molecule has 0 radical (unpaired) electrons. The van der Waals surface area contributed by atoms with E-state index >= 15 is 0 Å². The Morgan fingerprint density at radius 2 is 2.29 bits per heavy atom. The summed E-state index contributed by atoms with van der Waals surface area (Å²) >= 11 is 3.38. The lowest BCUT2D eigenvalue weighted by Gasteiger charge is -1.97. The van der Waals surface area contributed by atoms with Crippen molar-refractivity contribution in [2.24, 2.45) is 7.05 Å². The maximum absolute atomic E-state index is 5.56. The minimum Gasteiger partial charge on any atom is -0.396 e. The minimum absolute atomic E-state index is 0.671. The van der Waals surface area contributed by atoms with Crippen LogP contribution >= 0.6 is 15.9 Å². The first-order valence-electron chi connectivity index (χ1n) is 4.11. The second-order valence-electron chi connectivity index (χ2n) is 3.09. The fourth-order valence-corrected chi connectivity index (χ4v) is 1.73. The van der Waals surface area contributed by atoms with Gasteiger partial charge in [-0.3, -0.25) is 9.36 Å². The number of halogens is 1. The van der Waals surface area contributed by atoms with Crippen LogP contribution in [-0.4, -0.2) is 19.6 Å². The van der Waals surface area contributed by atoms with Gasteiger partial charge >= 0.3 is 0 Å². The Kier molecular flexibility index (Phi) is 2.28. The Labute approximate surface area is 89.6 Å². The van der Waals surface area contributed by atoms with Gasteiger partial charge in [0.15, 0.2) is 0 Å². The van der Waals surface area contributed by atoms with Crippen molar-refractivity contribution in [1.29, 1.82) is 0 Å². The molecule has 0 bridgehead atoms. The van der Waals surface area contributed by atoms with E-state index in [9.17, 15) is 0 Å². The van der Waals surface area contributed by atoms with E-state index in [0.717, 1.165) is 10.2 Å². The number of rotatable bonds is 2. The molecule has 0 atom stereocenters. The molecule has 14 heavy (non-hydrogen) atoms. The van der Waals surface area contributed by atoms with Crippen molar-refractivity contribution in [3.05, 3.63) is 28.8 Å². The highest BCUT2D eigenvalue weighted by Gasteiger charge is 2.05. The molecule has 0 amide bonds. The number of nitrogens with zero attached hydrogens (tertiary/aromatic N) is 4. The van der Waals surface area contributed by atoms with Gasteiger partial charge in [-0.2, -0.15) is 10.2 Å². The lowest BCUT2D eigenvalue weighted by molar-refractivity contribution is 0.684. The molecule has 0 saturated heterocycles. The average Bonchev–Trinajstić information content (AvgIpc) is 2.61. The largest absolute Gasteiger partial charge is 0.396 e. The van der Waals surface area contributed by atoms with Gasteiger partial charge in [-0.05, 0) is 15.9 Å². The van der Waals surface area contributed by atoms with Gasteiger partial charge in [-0.15, -0.1) is 0 Å². The Morgan fingerprint density at radius 3 is 2.79 bits per heavy atom. The van der Waals surface area contributed by atoms with Crippen LogP contribution in [0.25, 0.3) is 0 Å². The number of aryl methyl sites for hydroxylation is 1. The van der Waals surface area contributed by atoms with E-state index in [1.165, 1.54) is 0 Å². The molecular formula is C8H10BrN5. The second-order valence-corrected chi connectivity index (χ2v) is 3.84. The molecule has 74 valence electrons. The van der Waals surface area contributed by atoms with Gasteiger partial charge in [0.25, 0.3) is 0 Å². The van der Waals surface area contributed by atoms with Gasteiger partial charge in [-0.1, -0.05) is 0 Å². The van der Waals surface area contributed by atoms with Crippen LogP contribution < -0.4 is 5.73 Å². The van der Waals surface area contributed by atoms with Crippen LogP contribution in [0.3, 0.4) is 0 Å². The highest BCUT2D eigenvalue weighted by molar-refractivity contribution is 9.10. The van der Waals surface area contributed by atoms with Gasteiger partial charge in [0, 0.05) is 25.0 Å². The van der Waals surface area contributed by atoms with Crippen molar-refractivity contribution in [1.82, 2.24) is 19.6 Å². The molecule has 2 aromatic rings. The normalized spacial score (nSPS) is 10.7. The molecule has 5 nitrogen and oxygen atoms in total. The van der Waals surface area contributed by atoms with Crippen molar-refractivity contribution < 1.29 is 0 Å². The SMILES string of the molecule is Cn1cc(Cn2cc(N)cn2)c(Br)n1. The van der Waals surface area contributed by atoms with Crippen molar-refractivity contribution in [3.8, 4) is 0 Å². The van der Waals surface area contributed by atoms with Gasteiger partial charge in [0.1, 0.15) is 4.60 Å². The number of hydrogen-bond donors (Lipinski definition) is 1. The Morgan fingerprint density at radius 1 is 1.50 bits per heavy atom. The molecule has 0 aromatic carbocycles. The molecule has 2 aromatic heterocycles. The van der Waals surface area contributed by atoms with Crippen LogP contribution in [0.5, 0.6) is 0 Å². The monoisotopic (exact) mass is 255 g/mol.